The van der Waals surface area contributed by atoms with Crippen molar-refractivity contribution >= 4 is 41.6 Å². The predicted octanol–water partition coefficient (Wildman–Crippen LogP) is 4.43. The molecule has 28 heavy (non-hydrogen) atoms. The number of rotatable bonds is 3. The highest BCUT2D eigenvalue weighted by Crippen LogP contribution is 2.26. The summed E-state index contributed by atoms with van der Waals surface area (Å²) >= 11 is 0. The van der Waals surface area contributed by atoms with Crippen molar-refractivity contribution in [1.29, 1.82) is 0 Å². The molecule has 4 rings (SSSR count). The lowest BCUT2D eigenvalue weighted by Crippen LogP contribution is -2.48. The van der Waals surface area contributed by atoms with E-state index in [1.54, 1.807) is 6.20 Å². The SMILES string of the molecule is CCc1ccc(C2CNCCN2C(=O)c2cccc3cccnc23)cc1.Cl.Cl. The first kappa shape index (κ1) is 22.2. The van der Waals surface area contributed by atoms with Crippen LogP contribution in [0.1, 0.15) is 34.5 Å². The molecule has 3 aromatic rings. The van der Waals surface area contributed by atoms with Crippen molar-refractivity contribution in [3.63, 3.8) is 0 Å². The molecule has 1 N–H and O–H groups in total. The largest absolute Gasteiger partial charge is 0.329 e. The van der Waals surface area contributed by atoms with Crippen LogP contribution in [0.5, 0.6) is 0 Å². The molecule has 1 aliphatic rings. The first-order valence-electron chi connectivity index (χ1n) is 9.22. The second-order valence-electron chi connectivity index (χ2n) is 6.69. The van der Waals surface area contributed by atoms with E-state index < -0.39 is 0 Å². The third kappa shape index (κ3) is 4.30. The molecule has 1 aromatic heterocycles. The number of nitrogens with zero attached hydrogens (tertiary/aromatic N) is 2. The summed E-state index contributed by atoms with van der Waals surface area (Å²) in [5.41, 5.74) is 3.95. The minimum absolute atomic E-state index is 0. The number of pyridine rings is 1. The Hall–Kier alpha value is -2.14. The average molecular weight is 418 g/mol. The van der Waals surface area contributed by atoms with E-state index in [4.69, 9.17) is 0 Å². The van der Waals surface area contributed by atoms with E-state index in [1.807, 2.05) is 35.2 Å². The maximum Gasteiger partial charge on any atom is 0.256 e. The lowest BCUT2D eigenvalue weighted by molar-refractivity contribution is 0.0636. The fraction of sp³-hybridized carbons (Fsp3) is 0.273. The zero-order chi connectivity index (χ0) is 17.9. The molecule has 0 spiro atoms. The van der Waals surface area contributed by atoms with Crippen LogP contribution in [0.25, 0.3) is 10.9 Å². The van der Waals surface area contributed by atoms with Crippen LogP contribution in [-0.4, -0.2) is 35.4 Å². The van der Waals surface area contributed by atoms with Crippen LogP contribution >= 0.6 is 24.8 Å². The van der Waals surface area contributed by atoms with Gasteiger partial charge in [0.1, 0.15) is 0 Å². The molecule has 0 bridgehead atoms. The van der Waals surface area contributed by atoms with Crippen LogP contribution in [0.3, 0.4) is 0 Å². The van der Waals surface area contributed by atoms with Gasteiger partial charge in [-0.1, -0.05) is 49.4 Å². The molecule has 6 heteroatoms. The van der Waals surface area contributed by atoms with Crippen LogP contribution in [0.15, 0.2) is 60.8 Å². The Labute approximate surface area is 178 Å². The van der Waals surface area contributed by atoms with Gasteiger partial charge in [0.05, 0.1) is 17.1 Å². The Morgan fingerprint density at radius 3 is 2.61 bits per heavy atom. The number of hydrogen-bond acceptors (Lipinski definition) is 3. The number of piperazine rings is 1. The van der Waals surface area contributed by atoms with Crippen molar-refractivity contribution in [1.82, 2.24) is 15.2 Å². The van der Waals surface area contributed by atoms with Crippen molar-refractivity contribution in [3.8, 4) is 0 Å². The summed E-state index contributed by atoms with van der Waals surface area (Å²) in [5.74, 6) is 0.0559. The molecule has 1 fully saturated rings. The van der Waals surface area contributed by atoms with Crippen LogP contribution in [0.2, 0.25) is 0 Å². The molecule has 0 radical (unpaired) electrons. The highest BCUT2D eigenvalue weighted by atomic mass is 35.5. The van der Waals surface area contributed by atoms with Gasteiger partial charge in [0.25, 0.3) is 5.91 Å². The highest BCUT2D eigenvalue weighted by molar-refractivity contribution is 6.05. The minimum Gasteiger partial charge on any atom is -0.329 e. The number of fused-ring (bicyclic) bond motifs is 1. The number of carbonyl (C=O) groups excluding carboxylic acids is 1. The Balaban J connectivity index is 0.00000140. The Kier molecular flexibility index (Phi) is 7.81. The zero-order valence-corrected chi connectivity index (χ0v) is 17.4. The lowest BCUT2D eigenvalue weighted by atomic mass is 9.99. The quantitative estimate of drug-likeness (QED) is 0.685. The molecule has 1 aliphatic heterocycles. The standard InChI is InChI=1S/C22H23N3O.2ClH/c1-2-16-8-10-17(11-9-16)20-15-23-13-14-25(20)22(26)19-7-3-5-18-6-4-12-24-21(18)19;;/h3-12,20,23H,2,13-15H2,1H3;2*1H. The number of aryl methyl sites for hydroxylation is 1. The third-order valence-electron chi connectivity index (χ3n) is 5.14. The van der Waals surface area contributed by atoms with E-state index in [1.165, 1.54) is 11.1 Å². The summed E-state index contributed by atoms with van der Waals surface area (Å²) in [6, 6.07) is 18.4. The van der Waals surface area contributed by atoms with E-state index in [2.05, 4.69) is 41.5 Å². The van der Waals surface area contributed by atoms with Crippen LogP contribution < -0.4 is 5.32 Å². The smallest absolute Gasteiger partial charge is 0.256 e. The van der Waals surface area contributed by atoms with Gasteiger partial charge in [-0.3, -0.25) is 9.78 Å². The van der Waals surface area contributed by atoms with E-state index >= 15 is 0 Å². The van der Waals surface area contributed by atoms with Gasteiger partial charge >= 0.3 is 0 Å². The molecule has 4 nitrogen and oxygen atoms in total. The van der Waals surface area contributed by atoms with Crippen LogP contribution in [0.4, 0.5) is 0 Å². The number of benzene rings is 2. The van der Waals surface area contributed by atoms with Crippen molar-refractivity contribution in [3.05, 3.63) is 77.5 Å². The number of carbonyl (C=O) groups is 1. The molecule has 0 saturated carbocycles. The maximum atomic E-state index is 13.4. The van der Waals surface area contributed by atoms with Gasteiger partial charge in [0, 0.05) is 31.2 Å². The fourth-order valence-electron chi connectivity index (χ4n) is 3.65. The molecule has 1 saturated heterocycles. The monoisotopic (exact) mass is 417 g/mol. The molecule has 0 aliphatic carbocycles. The minimum atomic E-state index is 0. The topological polar surface area (TPSA) is 45.2 Å². The molecule has 1 atom stereocenters. The van der Waals surface area contributed by atoms with Gasteiger partial charge in [0.15, 0.2) is 0 Å². The summed E-state index contributed by atoms with van der Waals surface area (Å²) in [4.78, 5) is 19.8. The van der Waals surface area contributed by atoms with E-state index in [9.17, 15) is 4.79 Å². The Morgan fingerprint density at radius 1 is 1.11 bits per heavy atom. The van der Waals surface area contributed by atoms with E-state index in [-0.39, 0.29) is 36.8 Å². The third-order valence-corrected chi connectivity index (χ3v) is 5.14. The summed E-state index contributed by atoms with van der Waals surface area (Å²) in [5, 5.41) is 4.42. The lowest BCUT2D eigenvalue weighted by Gasteiger charge is -2.36. The summed E-state index contributed by atoms with van der Waals surface area (Å²) in [6.07, 6.45) is 2.77. The van der Waals surface area contributed by atoms with Crippen molar-refractivity contribution in [2.45, 2.75) is 19.4 Å². The van der Waals surface area contributed by atoms with Crippen LogP contribution in [-0.2, 0) is 6.42 Å². The summed E-state index contributed by atoms with van der Waals surface area (Å²) < 4.78 is 0. The van der Waals surface area contributed by atoms with Gasteiger partial charge in [-0.15, -0.1) is 24.8 Å². The van der Waals surface area contributed by atoms with E-state index in [0.29, 0.717) is 12.1 Å². The van der Waals surface area contributed by atoms with Gasteiger partial charge < -0.3 is 10.2 Å². The first-order valence-corrected chi connectivity index (χ1v) is 9.22. The number of nitrogens with one attached hydrogen (secondary N) is 1. The van der Waals surface area contributed by atoms with E-state index in [0.717, 1.165) is 30.4 Å². The number of halogens is 2. The summed E-state index contributed by atoms with van der Waals surface area (Å²) in [6.45, 7) is 4.44. The molecule has 148 valence electrons. The van der Waals surface area contributed by atoms with Gasteiger partial charge in [-0.2, -0.15) is 0 Å². The molecule has 2 heterocycles. The molecule has 1 unspecified atom stereocenters. The molecular formula is C22H25Cl2N3O. The molecule has 2 aromatic carbocycles. The maximum absolute atomic E-state index is 13.4. The summed E-state index contributed by atoms with van der Waals surface area (Å²) in [7, 11) is 0. The Bertz CT molecular complexity index is 925. The van der Waals surface area contributed by atoms with Crippen molar-refractivity contribution < 1.29 is 4.79 Å². The van der Waals surface area contributed by atoms with Crippen LogP contribution in [0, 0.1) is 0 Å². The zero-order valence-electron chi connectivity index (χ0n) is 15.8. The second kappa shape index (κ2) is 9.87. The van der Waals surface area contributed by atoms with Gasteiger partial charge in [-0.05, 0) is 29.7 Å². The fourth-order valence-corrected chi connectivity index (χ4v) is 3.65. The van der Waals surface area contributed by atoms with Gasteiger partial charge in [-0.25, -0.2) is 0 Å². The average Bonchev–Trinajstić information content (AvgIpc) is 2.73. The predicted molar refractivity (Wildman–Crippen MR) is 119 cm³/mol. The normalized spacial score (nSPS) is 16.2. The number of hydrogen-bond donors (Lipinski definition) is 1. The molecule has 1 amide bonds. The highest BCUT2D eigenvalue weighted by Gasteiger charge is 2.29. The van der Waals surface area contributed by atoms with Crippen molar-refractivity contribution in [2.24, 2.45) is 0 Å². The number of amides is 1. The van der Waals surface area contributed by atoms with Crippen molar-refractivity contribution in [2.75, 3.05) is 19.6 Å². The second-order valence-corrected chi connectivity index (χ2v) is 6.69. The van der Waals surface area contributed by atoms with Gasteiger partial charge in [0.2, 0.25) is 0 Å². The number of aromatic nitrogens is 1. The Morgan fingerprint density at radius 2 is 1.86 bits per heavy atom. The first-order chi connectivity index (χ1) is 12.8. The molecular weight excluding hydrogens is 393 g/mol. The number of para-hydroxylation sites is 1.